The van der Waals surface area contributed by atoms with E-state index < -0.39 is 6.09 Å². The summed E-state index contributed by atoms with van der Waals surface area (Å²) in [7, 11) is 0. The highest BCUT2D eigenvalue weighted by Gasteiger charge is 2.10. The summed E-state index contributed by atoms with van der Waals surface area (Å²) in [6.07, 6.45) is 0.867. The summed E-state index contributed by atoms with van der Waals surface area (Å²) in [6.45, 7) is 0.0945. The van der Waals surface area contributed by atoms with Gasteiger partial charge in [-0.2, -0.15) is 0 Å². The summed E-state index contributed by atoms with van der Waals surface area (Å²) in [5.74, 6) is -0.181. The van der Waals surface area contributed by atoms with Crippen molar-refractivity contribution in [3.05, 3.63) is 52.5 Å². The van der Waals surface area contributed by atoms with Gasteiger partial charge in [-0.05, 0) is 5.56 Å². The van der Waals surface area contributed by atoms with Gasteiger partial charge in [0.2, 0.25) is 0 Å². The molecule has 0 aliphatic rings. The van der Waals surface area contributed by atoms with Crippen LogP contribution in [0.2, 0.25) is 0 Å². The Balaban J connectivity index is 1.72. The standard InChI is InChI=1S/C13H12N2O3S/c16-11(12-7-14-9-19-12)6-15-13(17)18-8-10-4-2-1-3-5-10/h1-5,7,9H,6,8H2,(H,15,17). The van der Waals surface area contributed by atoms with Crippen LogP contribution in [0.25, 0.3) is 0 Å². The summed E-state index contributed by atoms with van der Waals surface area (Å²) in [6, 6.07) is 9.33. The number of amides is 1. The average molecular weight is 276 g/mol. The van der Waals surface area contributed by atoms with Gasteiger partial charge in [-0.3, -0.25) is 9.78 Å². The zero-order valence-corrected chi connectivity index (χ0v) is 10.9. The van der Waals surface area contributed by atoms with Crippen molar-refractivity contribution in [2.75, 3.05) is 6.54 Å². The van der Waals surface area contributed by atoms with Gasteiger partial charge in [-0.25, -0.2) is 4.79 Å². The van der Waals surface area contributed by atoms with Gasteiger partial charge in [0, 0.05) is 6.20 Å². The number of aromatic nitrogens is 1. The molecule has 0 fully saturated rings. The van der Waals surface area contributed by atoms with Gasteiger partial charge in [0.05, 0.1) is 16.9 Å². The fourth-order valence-electron chi connectivity index (χ4n) is 1.37. The van der Waals surface area contributed by atoms with E-state index in [9.17, 15) is 9.59 Å². The number of alkyl carbamates (subject to hydrolysis) is 1. The van der Waals surface area contributed by atoms with Crippen LogP contribution < -0.4 is 5.32 Å². The lowest BCUT2D eigenvalue weighted by Gasteiger charge is -2.05. The molecule has 1 aromatic carbocycles. The van der Waals surface area contributed by atoms with Crippen LogP contribution in [0.1, 0.15) is 15.2 Å². The molecule has 2 aromatic rings. The lowest BCUT2D eigenvalue weighted by atomic mass is 10.2. The molecular weight excluding hydrogens is 264 g/mol. The van der Waals surface area contributed by atoms with Gasteiger partial charge in [0.15, 0.2) is 5.78 Å². The van der Waals surface area contributed by atoms with Crippen molar-refractivity contribution in [2.24, 2.45) is 0 Å². The number of carbonyl (C=O) groups is 2. The molecule has 1 amide bonds. The third kappa shape index (κ3) is 4.18. The van der Waals surface area contributed by atoms with E-state index in [1.54, 1.807) is 5.51 Å². The number of Topliss-reactive ketones (excluding diaryl/α,β-unsaturated/α-hetero) is 1. The Morgan fingerprint density at radius 3 is 2.74 bits per heavy atom. The fourth-order valence-corrected chi connectivity index (χ4v) is 1.93. The number of hydrogen-bond acceptors (Lipinski definition) is 5. The predicted octanol–water partition coefficient (Wildman–Crippen LogP) is 2.25. The molecule has 0 radical (unpaired) electrons. The minimum Gasteiger partial charge on any atom is -0.445 e. The maximum atomic E-state index is 11.6. The highest BCUT2D eigenvalue weighted by atomic mass is 32.1. The maximum absolute atomic E-state index is 11.6. The quantitative estimate of drug-likeness (QED) is 0.850. The van der Waals surface area contributed by atoms with E-state index in [0.717, 1.165) is 5.56 Å². The summed E-state index contributed by atoms with van der Waals surface area (Å²) in [5.41, 5.74) is 2.47. The molecule has 0 unspecified atom stereocenters. The Kier molecular flexibility index (Phi) is 4.63. The van der Waals surface area contributed by atoms with Crippen molar-refractivity contribution >= 4 is 23.2 Å². The molecule has 0 aliphatic heterocycles. The molecule has 0 saturated carbocycles. The SMILES string of the molecule is O=C(NCC(=O)c1cncs1)OCc1ccccc1. The summed E-state index contributed by atoms with van der Waals surface area (Å²) in [4.78, 5) is 27.3. The van der Waals surface area contributed by atoms with Gasteiger partial charge in [-0.1, -0.05) is 30.3 Å². The van der Waals surface area contributed by atoms with Crippen molar-refractivity contribution in [3.63, 3.8) is 0 Å². The van der Waals surface area contributed by atoms with Gasteiger partial charge < -0.3 is 10.1 Å². The molecule has 5 nitrogen and oxygen atoms in total. The first-order chi connectivity index (χ1) is 9.25. The fraction of sp³-hybridized carbons (Fsp3) is 0.154. The van der Waals surface area contributed by atoms with Crippen LogP contribution in [0.5, 0.6) is 0 Å². The lowest BCUT2D eigenvalue weighted by molar-refractivity contribution is 0.0977. The van der Waals surface area contributed by atoms with Crippen molar-refractivity contribution in [2.45, 2.75) is 6.61 Å². The Bertz CT molecular complexity index is 540. The third-order valence-electron chi connectivity index (χ3n) is 2.31. The Morgan fingerprint density at radius 1 is 1.26 bits per heavy atom. The van der Waals surface area contributed by atoms with Crippen LogP contribution in [-0.2, 0) is 11.3 Å². The molecule has 98 valence electrons. The molecule has 0 bridgehead atoms. The zero-order chi connectivity index (χ0) is 13.5. The largest absolute Gasteiger partial charge is 0.445 e. The molecule has 1 N–H and O–H groups in total. The summed E-state index contributed by atoms with van der Waals surface area (Å²) in [5, 5.41) is 2.41. The molecule has 0 aliphatic carbocycles. The Morgan fingerprint density at radius 2 is 2.05 bits per heavy atom. The lowest BCUT2D eigenvalue weighted by Crippen LogP contribution is -2.29. The first-order valence-electron chi connectivity index (χ1n) is 5.62. The highest BCUT2D eigenvalue weighted by Crippen LogP contribution is 2.05. The van der Waals surface area contributed by atoms with Crippen LogP contribution in [0, 0.1) is 0 Å². The van der Waals surface area contributed by atoms with Gasteiger partial charge in [0.1, 0.15) is 6.61 Å². The van der Waals surface area contributed by atoms with Crippen LogP contribution in [0.4, 0.5) is 4.79 Å². The van der Waals surface area contributed by atoms with Crippen molar-refractivity contribution < 1.29 is 14.3 Å². The molecule has 0 saturated heterocycles. The second-order valence-corrected chi connectivity index (χ2v) is 4.59. The number of carbonyl (C=O) groups excluding carboxylic acids is 2. The summed E-state index contributed by atoms with van der Waals surface area (Å²) >= 11 is 1.24. The molecule has 1 aromatic heterocycles. The minimum atomic E-state index is -0.610. The molecule has 1 heterocycles. The van der Waals surface area contributed by atoms with E-state index >= 15 is 0 Å². The van der Waals surface area contributed by atoms with Crippen LogP contribution in [0.3, 0.4) is 0 Å². The number of ketones is 1. The second kappa shape index (κ2) is 6.65. The number of ether oxygens (including phenoxy) is 1. The molecule has 0 atom stereocenters. The van der Waals surface area contributed by atoms with Crippen LogP contribution in [-0.4, -0.2) is 23.4 Å². The first kappa shape index (κ1) is 13.2. The smallest absolute Gasteiger partial charge is 0.407 e. The third-order valence-corrected chi connectivity index (χ3v) is 3.13. The normalized spacial score (nSPS) is 9.89. The van der Waals surface area contributed by atoms with E-state index in [-0.39, 0.29) is 18.9 Å². The number of rotatable bonds is 5. The molecule has 0 spiro atoms. The van der Waals surface area contributed by atoms with E-state index in [4.69, 9.17) is 4.74 Å². The predicted molar refractivity (Wildman–Crippen MR) is 71.1 cm³/mol. The van der Waals surface area contributed by atoms with Crippen LogP contribution >= 0.6 is 11.3 Å². The topological polar surface area (TPSA) is 68.3 Å². The van der Waals surface area contributed by atoms with Crippen molar-refractivity contribution in [1.29, 1.82) is 0 Å². The zero-order valence-electron chi connectivity index (χ0n) is 10.0. The molecule has 2 rings (SSSR count). The molecule has 6 heteroatoms. The Hall–Kier alpha value is -2.21. The van der Waals surface area contributed by atoms with Gasteiger partial charge >= 0.3 is 6.09 Å². The average Bonchev–Trinajstić information content (AvgIpc) is 2.98. The van der Waals surface area contributed by atoms with E-state index in [1.807, 2.05) is 30.3 Å². The van der Waals surface area contributed by atoms with Crippen molar-refractivity contribution in [3.8, 4) is 0 Å². The minimum absolute atomic E-state index is 0.0875. The number of nitrogens with zero attached hydrogens (tertiary/aromatic N) is 1. The Labute approximate surface area is 114 Å². The summed E-state index contributed by atoms with van der Waals surface area (Å²) < 4.78 is 4.98. The number of thiazole rings is 1. The van der Waals surface area contributed by atoms with Gasteiger partial charge in [-0.15, -0.1) is 11.3 Å². The highest BCUT2D eigenvalue weighted by molar-refractivity contribution is 7.11. The number of nitrogens with one attached hydrogen (secondary N) is 1. The maximum Gasteiger partial charge on any atom is 0.407 e. The van der Waals surface area contributed by atoms with Crippen LogP contribution in [0.15, 0.2) is 42.0 Å². The van der Waals surface area contributed by atoms with E-state index in [2.05, 4.69) is 10.3 Å². The number of benzene rings is 1. The van der Waals surface area contributed by atoms with E-state index in [0.29, 0.717) is 4.88 Å². The monoisotopic (exact) mass is 276 g/mol. The second-order valence-electron chi connectivity index (χ2n) is 3.70. The molecule has 19 heavy (non-hydrogen) atoms. The first-order valence-corrected chi connectivity index (χ1v) is 6.50. The van der Waals surface area contributed by atoms with Gasteiger partial charge in [0.25, 0.3) is 0 Å². The number of hydrogen-bond donors (Lipinski definition) is 1. The van der Waals surface area contributed by atoms with Crippen molar-refractivity contribution in [1.82, 2.24) is 10.3 Å². The van der Waals surface area contributed by atoms with E-state index in [1.165, 1.54) is 17.5 Å². The molecular formula is C13H12N2O3S.